The Morgan fingerprint density at radius 2 is 1.47 bits per heavy atom. The second-order valence-corrected chi connectivity index (χ2v) is 13.7. The topological polar surface area (TPSA) is 269 Å². The molecular formula is C20H24N10O10P2S. The van der Waals surface area contributed by atoms with E-state index >= 15 is 0 Å². The zero-order chi connectivity index (χ0) is 30.0. The number of fused-ring (bicyclic) bond motifs is 5. The highest BCUT2D eigenvalue weighted by Gasteiger charge is 2.52. The molecule has 23 heteroatoms. The predicted molar refractivity (Wildman–Crippen MR) is 147 cm³/mol. The number of imidazole rings is 2. The zero-order valence-electron chi connectivity index (χ0n) is 21.6. The summed E-state index contributed by atoms with van der Waals surface area (Å²) in [5.74, 6) is 0.217. The van der Waals surface area contributed by atoms with Crippen molar-refractivity contribution >= 4 is 61.3 Å². The number of aliphatic hydroxyl groups is 2. The minimum Gasteiger partial charge on any atom is -0.387 e. The van der Waals surface area contributed by atoms with Crippen LogP contribution in [-0.2, 0) is 36.7 Å². The molecule has 4 aromatic rings. The van der Waals surface area contributed by atoms with E-state index in [-0.39, 0.29) is 34.0 Å². The minimum atomic E-state index is -4.28. The molecule has 2 bridgehead atoms. The lowest BCUT2D eigenvalue weighted by molar-refractivity contribution is -0.0572. The molecule has 0 spiro atoms. The van der Waals surface area contributed by atoms with E-state index in [1.54, 1.807) is 0 Å². The number of rotatable bonds is 2. The van der Waals surface area contributed by atoms with Crippen LogP contribution in [0.2, 0.25) is 0 Å². The number of aromatic nitrogens is 8. The Kier molecular flexibility index (Phi) is 7.38. The van der Waals surface area contributed by atoms with Crippen LogP contribution in [0.4, 0.5) is 11.6 Å². The van der Waals surface area contributed by atoms with Crippen LogP contribution >= 0.6 is 27.3 Å². The second kappa shape index (κ2) is 11.0. The summed E-state index contributed by atoms with van der Waals surface area (Å²) in [6, 6.07) is 0. The monoisotopic (exact) mass is 658 g/mol. The van der Waals surface area contributed by atoms with Gasteiger partial charge in [0.15, 0.2) is 35.4 Å². The maximum Gasteiger partial charge on any atom is 0.386 e. The van der Waals surface area contributed by atoms with Gasteiger partial charge >= 0.3 is 15.1 Å². The molecule has 3 fully saturated rings. The Hall–Kier alpha value is -2.81. The van der Waals surface area contributed by atoms with Crippen LogP contribution in [0.1, 0.15) is 12.5 Å². The molecule has 6 N–H and O–H groups in total. The highest BCUT2D eigenvalue weighted by atomic mass is 32.7. The molecule has 20 nitrogen and oxygen atoms in total. The largest absolute Gasteiger partial charge is 0.387 e. The molecule has 0 aromatic carbocycles. The third-order valence-electron chi connectivity index (χ3n) is 7.20. The standard InChI is InChI=1S/C20H24N10O10P2S/c21-15-9-17(25-3-23-15)29(5-27-9)19-12(32)13-8(38-19)2-36-42(34,43)40-14-11(31)7(1-35-41(33)39-13)37-20(14)30-6-28-10-16(22)24-4-26-18(10)30/h3-8,11-14,19-20,31-32,41H,1-2H2,(H,34,43)(H2,21,23,25)(H2,22,24,26)/t7-,8-,11-,12-,13-,14-,19-,20?,42?/m1/s1. The number of anilines is 2. The minimum absolute atomic E-state index is 0.104. The maximum atomic E-state index is 13.5. The number of hydrogen-bond donors (Lipinski definition) is 5. The van der Waals surface area contributed by atoms with Crippen molar-refractivity contribution in [2.75, 3.05) is 24.7 Å². The Labute approximate surface area is 246 Å². The number of ether oxygens (including phenoxy) is 2. The fourth-order valence-corrected chi connectivity index (χ4v) is 7.52. The summed E-state index contributed by atoms with van der Waals surface area (Å²) < 4.78 is 63.4. The van der Waals surface area contributed by atoms with E-state index < -0.39 is 77.3 Å². The van der Waals surface area contributed by atoms with E-state index in [0.717, 1.165) is 0 Å². The van der Waals surface area contributed by atoms with Gasteiger partial charge in [-0.05, 0) is 0 Å². The Balaban J connectivity index is 1.18. The quantitative estimate of drug-likeness (QED) is 0.135. The molecule has 3 aliphatic heterocycles. The number of nitrogen functional groups attached to an aromatic ring is 2. The Morgan fingerprint density at radius 1 is 0.860 bits per heavy atom. The highest BCUT2D eigenvalue weighted by Crippen LogP contribution is 2.57. The molecule has 43 heavy (non-hydrogen) atoms. The average Bonchev–Trinajstić information content (AvgIpc) is 3.73. The van der Waals surface area contributed by atoms with Crippen LogP contribution in [-0.4, -0.2) is 99.1 Å². The summed E-state index contributed by atoms with van der Waals surface area (Å²) in [7, 11) is -3.33. The number of thiol groups is 1. The van der Waals surface area contributed by atoms with Gasteiger partial charge in [0.1, 0.15) is 60.3 Å². The fraction of sp³-hybridized carbons (Fsp3) is 0.500. The number of nitrogens with two attached hydrogens (primary N) is 2. The smallest absolute Gasteiger partial charge is 0.386 e. The van der Waals surface area contributed by atoms with Gasteiger partial charge in [0.05, 0.1) is 25.9 Å². The third-order valence-corrected chi connectivity index (χ3v) is 9.68. The summed E-state index contributed by atoms with van der Waals surface area (Å²) in [6.45, 7) is -5.22. The first-order valence-electron chi connectivity index (χ1n) is 12.6. The molecule has 0 saturated carbocycles. The van der Waals surface area contributed by atoms with Crippen LogP contribution in [0, 0.1) is 0 Å². The van der Waals surface area contributed by atoms with E-state index in [4.69, 9.17) is 39.0 Å². The summed E-state index contributed by atoms with van der Waals surface area (Å²) in [5, 5.41) is 22.2. The molecule has 0 aliphatic carbocycles. The number of hydrogen-bond acceptors (Lipinski definition) is 18. The van der Waals surface area contributed by atoms with E-state index in [1.165, 1.54) is 34.4 Å². The maximum absolute atomic E-state index is 13.5. The molecule has 7 rings (SSSR count). The zero-order valence-corrected chi connectivity index (χ0v) is 24.4. The van der Waals surface area contributed by atoms with Crippen LogP contribution < -0.4 is 11.5 Å². The lowest BCUT2D eigenvalue weighted by Gasteiger charge is -2.25. The summed E-state index contributed by atoms with van der Waals surface area (Å²) in [4.78, 5) is 24.5. The van der Waals surface area contributed by atoms with Gasteiger partial charge in [0, 0.05) is 0 Å². The molecule has 0 amide bonds. The van der Waals surface area contributed by atoms with Gasteiger partial charge in [-0.25, -0.2) is 34.5 Å². The molecule has 7 heterocycles. The van der Waals surface area contributed by atoms with Gasteiger partial charge in [-0.2, -0.15) is 0 Å². The van der Waals surface area contributed by atoms with Gasteiger partial charge in [-0.3, -0.25) is 22.7 Å². The number of nitrogens with zero attached hydrogens (tertiary/aromatic N) is 8. The molecule has 4 aromatic heterocycles. The first-order chi connectivity index (χ1) is 20.6. The van der Waals surface area contributed by atoms with E-state index in [9.17, 15) is 19.3 Å². The van der Waals surface area contributed by atoms with Crippen molar-refractivity contribution in [1.29, 1.82) is 0 Å². The first-order valence-corrected chi connectivity index (χ1v) is 16.6. The normalized spacial score (nSPS) is 37.1. The van der Waals surface area contributed by atoms with Gasteiger partial charge in [0.2, 0.25) is 0 Å². The Bertz CT molecular complexity index is 1760. The summed E-state index contributed by atoms with van der Waals surface area (Å²) >= 11 is 4.10. The van der Waals surface area contributed by atoms with E-state index in [1.807, 2.05) is 0 Å². The molecule has 10 atom stereocenters. The van der Waals surface area contributed by atoms with Gasteiger partial charge < -0.3 is 40.2 Å². The fourth-order valence-electron chi connectivity index (χ4n) is 5.18. The van der Waals surface area contributed by atoms with Crippen LogP contribution in [0.5, 0.6) is 0 Å². The van der Waals surface area contributed by atoms with Crippen molar-refractivity contribution in [2.45, 2.75) is 49.1 Å². The third kappa shape index (κ3) is 5.09. The van der Waals surface area contributed by atoms with Crippen molar-refractivity contribution in [3.05, 3.63) is 25.3 Å². The molecular weight excluding hydrogens is 634 g/mol. The van der Waals surface area contributed by atoms with Crippen molar-refractivity contribution in [2.24, 2.45) is 0 Å². The van der Waals surface area contributed by atoms with E-state index in [0.29, 0.717) is 0 Å². The van der Waals surface area contributed by atoms with Gasteiger partial charge in [-0.15, -0.1) is 0 Å². The first kappa shape index (κ1) is 28.9. The van der Waals surface area contributed by atoms with E-state index in [2.05, 4.69) is 42.2 Å². The SMILES string of the molecule is Nc1ncnc2c1ncn2C1O[C@@H]2CO[PH](=O)O[C@H]3[C@@H](O)[C@H](n4cnc5c(N)ncnc54)O[C@@H]3COP(=O)(S)O[C@@H]1[C@@H]2O. The molecule has 0 radical (unpaired) electrons. The molecule has 230 valence electrons. The van der Waals surface area contributed by atoms with Crippen molar-refractivity contribution in [3.8, 4) is 0 Å². The molecule has 3 saturated heterocycles. The number of aliphatic hydroxyl groups excluding tert-OH is 2. The molecule has 3 aliphatic rings. The lowest BCUT2D eigenvalue weighted by Crippen LogP contribution is -2.35. The van der Waals surface area contributed by atoms with Crippen LogP contribution in [0.25, 0.3) is 22.3 Å². The van der Waals surface area contributed by atoms with Crippen molar-refractivity contribution in [1.82, 2.24) is 39.0 Å². The Morgan fingerprint density at radius 3 is 2.12 bits per heavy atom. The van der Waals surface area contributed by atoms with Crippen molar-refractivity contribution in [3.63, 3.8) is 0 Å². The van der Waals surface area contributed by atoms with Crippen LogP contribution in [0.3, 0.4) is 0 Å². The summed E-state index contributed by atoms with van der Waals surface area (Å²) in [6.07, 6.45) is -5.06. The average molecular weight is 658 g/mol. The molecule has 3 unspecified atom stereocenters. The summed E-state index contributed by atoms with van der Waals surface area (Å²) in [5.41, 5.74) is 12.8. The van der Waals surface area contributed by atoms with Crippen molar-refractivity contribution < 1.29 is 46.9 Å². The van der Waals surface area contributed by atoms with Gasteiger partial charge in [0.25, 0.3) is 0 Å². The highest BCUT2D eigenvalue weighted by molar-refractivity contribution is 8.44. The van der Waals surface area contributed by atoms with Gasteiger partial charge in [-0.1, -0.05) is 12.2 Å². The lowest BCUT2D eigenvalue weighted by atomic mass is 10.1. The van der Waals surface area contributed by atoms with Crippen LogP contribution in [0.15, 0.2) is 25.3 Å². The predicted octanol–water partition coefficient (Wildman–Crippen LogP) is -0.408. The second-order valence-electron chi connectivity index (χ2n) is 9.76.